The van der Waals surface area contributed by atoms with Crippen molar-refractivity contribution < 1.29 is 14.7 Å². The highest BCUT2D eigenvalue weighted by Gasteiger charge is 2.42. The SMILES string of the molecule is Cc1cccc2c1C(=O)CC(O)C(=O)C2(N)N. The molecule has 5 nitrogen and oxygen atoms in total. The molecule has 0 saturated heterocycles. The number of hydrogen-bond acceptors (Lipinski definition) is 5. The summed E-state index contributed by atoms with van der Waals surface area (Å²) in [6.45, 7) is 1.75. The molecule has 0 aromatic heterocycles. The van der Waals surface area contributed by atoms with Gasteiger partial charge < -0.3 is 16.6 Å². The van der Waals surface area contributed by atoms with Gasteiger partial charge >= 0.3 is 0 Å². The van der Waals surface area contributed by atoms with Crippen molar-refractivity contribution in [3.63, 3.8) is 0 Å². The first-order valence-corrected chi connectivity index (χ1v) is 5.29. The number of aliphatic hydroxyl groups is 1. The van der Waals surface area contributed by atoms with E-state index in [0.717, 1.165) is 0 Å². The molecule has 17 heavy (non-hydrogen) atoms. The number of carbonyl (C=O) groups excluding carboxylic acids is 2. The molecule has 1 aliphatic rings. The second-order valence-electron chi connectivity index (χ2n) is 4.37. The Labute approximate surface area is 98.4 Å². The smallest absolute Gasteiger partial charge is 0.200 e. The van der Waals surface area contributed by atoms with Crippen LogP contribution in [0.15, 0.2) is 18.2 Å². The molecule has 0 fully saturated rings. The second-order valence-corrected chi connectivity index (χ2v) is 4.37. The Morgan fingerprint density at radius 3 is 2.65 bits per heavy atom. The molecule has 0 bridgehead atoms. The summed E-state index contributed by atoms with van der Waals surface area (Å²) in [5, 5.41) is 9.60. The van der Waals surface area contributed by atoms with Gasteiger partial charge in [-0.05, 0) is 12.5 Å². The van der Waals surface area contributed by atoms with Crippen LogP contribution in [-0.4, -0.2) is 22.8 Å². The van der Waals surface area contributed by atoms with Crippen molar-refractivity contribution in [1.29, 1.82) is 0 Å². The van der Waals surface area contributed by atoms with E-state index in [1.54, 1.807) is 25.1 Å². The summed E-state index contributed by atoms with van der Waals surface area (Å²) in [6.07, 6.45) is -1.71. The molecule has 5 heteroatoms. The molecule has 0 heterocycles. The number of aliphatic hydroxyl groups excluding tert-OH is 1. The highest BCUT2D eigenvalue weighted by molar-refractivity contribution is 6.07. The lowest BCUT2D eigenvalue weighted by Crippen LogP contribution is -2.56. The van der Waals surface area contributed by atoms with Crippen LogP contribution in [0.25, 0.3) is 0 Å². The number of ketones is 2. The van der Waals surface area contributed by atoms with Crippen LogP contribution in [0, 0.1) is 6.92 Å². The Hall–Kier alpha value is -1.56. The first-order chi connectivity index (χ1) is 7.85. The number of fused-ring (bicyclic) bond motifs is 1. The van der Waals surface area contributed by atoms with Gasteiger partial charge in [-0.15, -0.1) is 0 Å². The zero-order chi connectivity index (χ0) is 12.8. The standard InChI is InChI=1S/C12H14N2O3/c1-6-3-2-4-7-10(6)8(15)5-9(16)11(17)12(7,13)14/h2-4,9,16H,5,13-14H2,1H3. The molecule has 2 rings (SSSR count). The maximum Gasteiger partial charge on any atom is 0.200 e. The lowest BCUT2D eigenvalue weighted by Gasteiger charge is -2.24. The maximum absolute atomic E-state index is 11.9. The Balaban J connectivity index is 2.75. The molecule has 0 radical (unpaired) electrons. The van der Waals surface area contributed by atoms with Crippen molar-refractivity contribution in [1.82, 2.24) is 0 Å². The van der Waals surface area contributed by atoms with E-state index in [4.69, 9.17) is 11.5 Å². The maximum atomic E-state index is 11.9. The third-order valence-electron chi connectivity index (χ3n) is 3.09. The number of nitrogens with two attached hydrogens (primary N) is 2. The number of rotatable bonds is 0. The summed E-state index contributed by atoms with van der Waals surface area (Å²) in [5.41, 5.74) is 11.1. The highest BCUT2D eigenvalue weighted by Crippen LogP contribution is 2.28. The number of hydrogen-bond donors (Lipinski definition) is 3. The van der Waals surface area contributed by atoms with Crippen molar-refractivity contribution in [2.45, 2.75) is 25.1 Å². The quantitative estimate of drug-likeness (QED) is 0.417. The second kappa shape index (κ2) is 3.73. The molecule has 1 aromatic rings. The van der Waals surface area contributed by atoms with Crippen LogP contribution in [0.4, 0.5) is 0 Å². The molecule has 0 spiro atoms. The van der Waals surface area contributed by atoms with Crippen LogP contribution < -0.4 is 11.5 Å². The number of carbonyl (C=O) groups is 2. The number of aryl methyl sites for hydroxylation is 1. The molecular weight excluding hydrogens is 220 g/mol. The molecule has 1 aromatic carbocycles. The normalized spacial score (nSPS) is 23.2. The Bertz CT molecular complexity index is 508. The van der Waals surface area contributed by atoms with Gasteiger partial charge in [0.05, 0.1) is 0 Å². The number of Topliss-reactive ketones (excluding diaryl/α,β-unsaturated/α-hetero) is 2. The Morgan fingerprint density at radius 2 is 2.00 bits per heavy atom. The van der Waals surface area contributed by atoms with Crippen LogP contribution in [0.2, 0.25) is 0 Å². The fourth-order valence-corrected chi connectivity index (χ4v) is 2.16. The van der Waals surface area contributed by atoms with Gasteiger partial charge in [0.1, 0.15) is 6.10 Å². The van der Waals surface area contributed by atoms with E-state index >= 15 is 0 Å². The molecule has 0 saturated carbocycles. The minimum atomic E-state index is -1.81. The molecule has 0 amide bonds. The average molecular weight is 234 g/mol. The van der Waals surface area contributed by atoms with E-state index < -0.39 is 17.6 Å². The van der Waals surface area contributed by atoms with Gasteiger partial charge in [0.15, 0.2) is 11.4 Å². The summed E-state index contributed by atoms with van der Waals surface area (Å²) in [5.74, 6) is -1.04. The first-order valence-electron chi connectivity index (χ1n) is 5.29. The van der Waals surface area contributed by atoms with Gasteiger partial charge in [0.25, 0.3) is 0 Å². The van der Waals surface area contributed by atoms with Gasteiger partial charge in [0, 0.05) is 17.5 Å². The molecular formula is C12H14N2O3. The summed E-state index contributed by atoms with van der Waals surface area (Å²) in [6, 6.07) is 4.98. The van der Waals surface area contributed by atoms with Gasteiger partial charge in [0.2, 0.25) is 5.78 Å². The minimum absolute atomic E-state index is 0.271. The van der Waals surface area contributed by atoms with Crippen molar-refractivity contribution in [3.05, 3.63) is 34.9 Å². The van der Waals surface area contributed by atoms with Gasteiger partial charge in [-0.1, -0.05) is 18.2 Å². The molecule has 1 atom stereocenters. The summed E-state index contributed by atoms with van der Waals surface area (Å²) >= 11 is 0. The van der Waals surface area contributed by atoms with E-state index in [9.17, 15) is 14.7 Å². The minimum Gasteiger partial charge on any atom is -0.385 e. The lowest BCUT2D eigenvalue weighted by molar-refractivity contribution is -0.132. The van der Waals surface area contributed by atoms with Gasteiger partial charge in [-0.2, -0.15) is 0 Å². The van der Waals surface area contributed by atoms with E-state index in [-0.39, 0.29) is 17.8 Å². The van der Waals surface area contributed by atoms with Crippen LogP contribution in [0.3, 0.4) is 0 Å². The largest absolute Gasteiger partial charge is 0.385 e. The van der Waals surface area contributed by atoms with Crippen LogP contribution in [-0.2, 0) is 10.5 Å². The summed E-state index contributed by atoms with van der Waals surface area (Å²) in [7, 11) is 0. The van der Waals surface area contributed by atoms with E-state index in [1.807, 2.05) is 0 Å². The van der Waals surface area contributed by atoms with Crippen LogP contribution >= 0.6 is 0 Å². The molecule has 5 N–H and O–H groups in total. The lowest BCUT2D eigenvalue weighted by atomic mass is 9.90. The summed E-state index contributed by atoms with van der Waals surface area (Å²) < 4.78 is 0. The van der Waals surface area contributed by atoms with E-state index in [1.165, 1.54) is 0 Å². The Morgan fingerprint density at radius 1 is 1.35 bits per heavy atom. The van der Waals surface area contributed by atoms with Crippen molar-refractivity contribution in [3.8, 4) is 0 Å². The van der Waals surface area contributed by atoms with Crippen LogP contribution in [0.5, 0.6) is 0 Å². The molecule has 1 unspecified atom stereocenters. The zero-order valence-electron chi connectivity index (χ0n) is 9.43. The first kappa shape index (κ1) is 11.9. The zero-order valence-corrected chi connectivity index (χ0v) is 9.43. The van der Waals surface area contributed by atoms with E-state index in [2.05, 4.69) is 0 Å². The highest BCUT2D eigenvalue weighted by atomic mass is 16.3. The van der Waals surface area contributed by atoms with Crippen LogP contribution in [0.1, 0.15) is 27.9 Å². The fraction of sp³-hybridized carbons (Fsp3) is 0.333. The monoisotopic (exact) mass is 234 g/mol. The topological polar surface area (TPSA) is 106 Å². The third kappa shape index (κ3) is 1.68. The molecule has 1 aliphatic carbocycles. The Kier molecular flexibility index (Phi) is 2.61. The number of benzene rings is 1. The van der Waals surface area contributed by atoms with Crippen molar-refractivity contribution >= 4 is 11.6 Å². The average Bonchev–Trinajstić information content (AvgIpc) is 2.31. The van der Waals surface area contributed by atoms with Gasteiger partial charge in [-0.25, -0.2) is 0 Å². The van der Waals surface area contributed by atoms with E-state index in [0.29, 0.717) is 11.1 Å². The van der Waals surface area contributed by atoms with Crippen molar-refractivity contribution in [2.24, 2.45) is 11.5 Å². The fourth-order valence-electron chi connectivity index (χ4n) is 2.16. The predicted molar refractivity (Wildman–Crippen MR) is 61.2 cm³/mol. The predicted octanol–water partition coefficient (Wildman–Crippen LogP) is -0.418. The summed E-state index contributed by atoms with van der Waals surface area (Å²) in [4.78, 5) is 23.8. The molecule has 0 aliphatic heterocycles. The van der Waals surface area contributed by atoms with Crippen molar-refractivity contribution in [2.75, 3.05) is 0 Å². The molecule has 90 valence electrons. The van der Waals surface area contributed by atoms with Gasteiger partial charge in [-0.3, -0.25) is 9.59 Å². The third-order valence-corrected chi connectivity index (χ3v) is 3.09.